The average molecular weight is 276 g/mol. The summed E-state index contributed by atoms with van der Waals surface area (Å²) in [6, 6.07) is 8.84. The van der Waals surface area contributed by atoms with Crippen LogP contribution in [0.4, 0.5) is 5.69 Å². The van der Waals surface area contributed by atoms with Crippen molar-refractivity contribution in [3.63, 3.8) is 0 Å². The second kappa shape index (κ2) is 5.71. The molecule has 0 aliphatic carbocycles. The Morgan fingerprint density at radius 2 is 2.00 bits per heavy atom. The van der Waals surface area contributed by atoms with Crippen molar-refractivity contribution < 1.29 is 4.79 Å². The zero-order valence-electron chi connectivity index (χ0n) is 10.4. The number of nitrogens with zero attached hydrogens (tertiary/aromatic N) is 1. The molecule has 1 aromatic heterocycles. The molecule has 0 aliphatic rings. The Bertz CT molecular complexity index is 583. The highest BCUT2D eigenvalue weighted by molar-refractivity contribution is 6.33. The van der Waals surface area contributed by atoms with Crippen molar-refractivity contribution in [3.8, 4) is 0 Å². The van der Waals surface area contributed by atoms with Gasteiger partial charge in [-0.15, -0.1) is 0 Å². The summed E-state index contributed by atoms with van der Waals surface area (Å²) >= 11 is 5.93. The van der Waals surface area contributed by atoms with E-state index in [0.29, 0.717) is 16.3 Å². The third-order valence-electron chi connectivity index (χ3n) is 2.80. The number of pyridine rings is 1. The van der Waals surface area contributed by atoms with Gasteiger partial charge in [0.25, 0.3) is 5.91 Å². The Labute approximate surface area is 116 Å². The number of nitrogens with one attached hydrogen (secondary N) is 1. The zero-order chi connectivity index (χ0) is 13.8. The highest BCUT2D eigenvalue weighted by Crippen LogP contribution is 2.17. The van der Waals surface area contributed by atoms with E-state index in [2.05, 4.69) is 10.3 Å². The second-order valence-corrected chi connectivity index (χ2v) is 4.62. The first kappa shape index (κ1) is 13.4. The fourth-order valence-corrected chi connectivity index (χ4v) is 1.91. The maximum absolute atomic E-state index is 12.1. The predicted molar refractivity (Wildman–Crippen MR) is 76.0 cm³/mol. The van der Waals surface area contributed by atoms with Gasteiger partial charge in [-0.25, -0.2) is 0 Å². The summed E-state index contributed by atoms with van der Waals surface area (Å²) in [5, 5.41) is 3.22. The summed E-state index contributed by atoms with van der Waals surface area (Å²) in [7, 11) is 0. The number of carbonyl (C=O) groups excluding carboxylic acids is 1. The maximum atomic E-state index is 12.1. The normalized spacial score (nSPS) is 11.9. The molecule has 2 aromatic rings. The summed E-state index contributed by atoms with van der Waals surface area (Å²) in [6.45, 7) is 1.90. The molecule has 3 N–H and O–H groups in total. The van der Waals surface area contributed by atoms with E-state index in [1.54, 1.807) is 18.2 Å². The number of benzene rings is 1. The molecule has 0 fully saturated rings. The molecular formula is C14H14ClN3O. The summed E-state index contributed by atoms with van der Waals surface area (Å²) in [4.78, 5) is 15.9. The summed E-state index contributed by atoms with van der Waals surface area (Å²) in [5.41, 5.74) is 7.72. The fourth-order valence-electron chi connectivity index (χ4n) is 1.70. The van der Waals surface area contributed by atoms with Crippen LogP contribution in [0.25, 0.3) is 0 Å². The summed E-state index contributed by atoms with van der Waals surface area (Å²) in [6.07, 6.45) is 2.99. The van der Waals surface area contributed by atoms with Crippen molar-refractivity contribution in [2.24, 2.45) is 0 Å². The van der Waals surface area contributed by atoms with Crippen LogP contribution in [-0.4, -0.2) is 10.9 Å². The van der Waals surface area contributed by atoms with Crippen molar-refractivity contribution in [1.29, 1.82) is 0 Å². The van der Waals surface area contributed by atoms with Gasteiger partial charge < -0.3 is 11.1 Å². The molecule has 0 bridgehead atoms. The number of nitrogens with two attached hydrogens (primary N) is 1. The van der Waals surface area contributed by atoms with Crippen LogP contribution < -0.4 is 11.1 Å². The van der Waals surface area contributed by atoms with Crippen LogP contribution in [0, 0.1) is 0 Å². The average Bonchev–Trinajstić information content (AvgIpc) is 2.39. The van der Waals surface area contributed by atoms with Crippen molar-refractivity contribution in [2.45, 2.75) is 13.0 Å². The number of hydrogen-bond acceptors (Lipinski definition) is 3. The number of halogens is 1. The largest absolute Gasteiger partial charge is 0.399 e. The molecule has 1 aromatic carbocycles. The van der Waals surface area contributed by atoms with E-state index in [1.165, 1.54) is 12.4 Å². The SMILES string of the molecule is CC(NC(=O)c1ccncc1Cl)c1ccc(N)cc1. The molecule has 0 saturated heterocycles. The first-order valence-electron chi connectivity index (χ1n) is 5.83. The molecule has 98 valence electrons. The van der Waals surface area contributed by atoms with E-state index in [1.807, 2.05) is 19.1 Å². The topological polar surface area (TPSA) is 68.0 Å². The standard InChI is InChI=1S/C14H14ClN3O/c1-9(10-2-4-11(16)5-3-10)18-14(19)12-6-7-17-8-13(12)15/h2-9H,16H2,1H3,(H,18,19). The lowest BCUT2D eigenvalue weighted by atomic mass is 10.1. The number of anilines is 1. The third-order valence-corrected chi connectivity index (χ3v) is 3.10. The van der Waals surface area contributed by atoms with Gasteiger partial charge in [-0.1, -0.05) is 23.7 Å². The molecule has 1 atom stereocenters. The fraction of sp³-hybridized carbons (Fsp3) is 0.143. The van der Waals surface area contributed by atoms with Crippen LogP contribution >= 0.6 is 11.6 Å². The lowest BCUT2D eigenvalue weighted by Gasteiger charge is -2.15. The first-order valence-corrected chi connectivity index (χ1v) is 6.21. The molecule has 0 spiro atoms. The summed E-state index contributed by atoms with van der Waals surface area (Å²) < 4.78 is 0. The molecule has 4 nitrogen and oxygen atoms in total. The minimum atomic E-state index is -0.225. The molecular weight excluding hydrogens is 262 g/mol. The molecule has 1 amide bonds. The van der Waals surface area contributed by atoms with Crippen molar-refractivity contribution in [3.05, 3.63) is 58.9 Å². The van der Waals surface area contributed by atoms with Crippen molar-refractivity contribution >= 4 is 23.2 Å². The monoisotopic (exact) mass is 275 g/mol. The highest BCUT2D eigenvalue weighted by Gasteiger charge is 2.13. The van der Waals surface area contributed by atoms with Crippen LogP contribution in [0.1, 0.15) is 28.9 Å². The zero-order valence-corrected chi connectivity index (χ0v) is 11.2. The highest BCUT2D eigenvalue weighted by atomic mass is 35.5. The van der Waals surface area contributed by atoms with E-state index in [-0.39, 0.29) is 11.9 Å². The maximum Gasteiger partial charge on any atom is 0.253 e. The van der Waals surface area contributed by atoms with Crippen LogP contribution in [0.3, 0.4) is 0 Å². The van der Waals surface area contributed by atoms with E-state index in [9.17, 15) is 4.79 Å². The predicted octanol–water partition coefficient (Wildman–Crippen LogP) is 2.81. The lowest BCUT2D eigenvalue weighted by molar-refractivity contribution is 0.0940. The molecule has 19 heavy (non-hydrogen) atoms. The minimum Gasteiger partial charge on any atom is -0.399 e. The van der Waals surface area contributed by atoms with E-state index in [0.717, 1.165) is 5.56 Å². The Hall–Kier alpha value is -2.07. The van der Waals surface area contributed by atoms with Gasteiger partial charge in [0.05, 0.1) is 16.6 Å². The molecule has 0 saturated carbocycles. The molecule has 0 radical (unpaired) electrons. The minimum absolute atomic E-state index is 0.127. The Balaban J connectivity index is 2.11. The number of rotatable bonds is 3. The van der Waals surface area contributed by atoms with Gasteiger partial charge in [0.15, 0.2) is 0 Å². The van der Waals surface area contributed by atoms with Crippen LogP contribution in [0.5, 0.6) is 0 Å². The van der Waals surface area contributed by atoms with Crippen LogP contribution in [0.2, 0.25) is 5.02 Å². The molecule has 1 heterocycles. The van der Waals surface area contributed by atoms with Crippen LogP contribution in [0.15, 0.2) is 42.7 Å². The van der Waals surface area contributed by atoms with Crippen molar-refractivity contribution in [2.75, 3.05) is 5.73 Å². The van der Waals surface area contributed by atoms with Gasteiger partial charge in [0.1, 0.15) is 0 Å². The Morgan fingerprint density at radius 3 is 2.63 bits per heavy atom. The number of hydrogen-bond donors (Lipinski definition) is 2. The molecule has 5 heteroatoms. The number of amides is 1. The van der Waals surface area contributed by atoms with E-state index >= 15 is 0 Å². The smallest absolute Gasteiger partial charge is 0.253 e. The molecule has 1 unspecified atom stereocenters. The first-order chi connectivity index (χ1) is 9.08. The number of carbonyl (C=O) groups is 1. The Kier molecular flexibility index (Phi) is 4.02. The van der Waals surface area contributed by atoms with Gasteiger partial charge in [-0.05, 0) is 30.7 Å². The summed E-state index contributed by atoms with van der Waals surface area (Å²) in [5.74, 6) is -0.225. The molecule has 0 aliphatic heterocycles. The lowest BCUT2D eigenvalue weighted by Crippen LogP contribution is -2.26. The second-order valence-electron chi connectivity index (χ2n) is 4.22. The van der Waals surface area contributed by atoms with E-state index < -0.39 is 0 Å². The number of aromatic nitrogens is 1. The van der Waals surface area contributed by atoms with Gasteiger partial charge in [-0.3, -0.25) is 9.78 Å². The third kappa shape index (κ3) is 3.23. The Morgan fingerprint density at radius 1 is 1.32 bits per heavy atom. The van der Waals surface area contributed by atoms with Gasteiger partial charge in [0.2, 0.25) is 0 Å². The van der Waals surface area contributed by atoms with Gasteiger partial charge in [-0.2, -0.15) is 0 Å². The molecule has 2 rings (SSSR count). The van der Waals surface area contributed by atoms with E-state index in [4.69, 9.17) is 17.3 Å². The number of nitrogen functional groups attached to an aromatic ring is 1. The van der Waals surface area contributed by atoms with Crippen LogP contribution in [-0.2, 0) is 0 Å². The van der Waals surface area contributed by atoms with Gasteiger partial charge in [0, 0.05) is 18.1 Å². The quantitative estimate of drug-likeness (QED) is 0.847. The van der Waals surface area contributed by atoms with Crippen molar-refractivity contribution in [1.82, 2.24) is 10.3 Å². The van der Waals surface area contributed by atoms with Gasteiger partial charge >= 0.3 is 0 Å².